The second-order valence-electron chi connectivity index (χ2n) is 13.0. The molecule has 16 nitrogen and oxygen atoms in total. The highest BCUT2D eigenvalue weighted by Crippen LogP contribution is 2.31. The van der Waals surface area contributed by atoms with Crippen molar-refractivity contribution in [2.24, 2.45) is 0 Å². The van der Waals surface area contributed by atoms with Gasteiger partial charge in [-0.15, -0.1) is 0 Å². The fraction of sp³-hybridized carbons (Fsp3) is 0.150. The number of nitriles is 2. The molecule has 2 atom stereocenters. The van der Waals surface area contributed by atoms with E-state index in [0.29, 0.717) is 23.3 Å². The molecule has 276 valence electrons. The Hall–Kier alpha value is -7.98. The van der Waals surface area contributed by atoms with Crippen molar-refractivity contribution in [3.63, 3.8) is 0 Å². The van der Waals surface area contributed by atoms with Crippen molar-refractivity contribution in [2.45, 2.75) is 39.8 Å². The van der Waals surface area contributed by atoms with Gasteiger partial charge in [-0.2, -0.15) is 20.7 Å². The van der Waals surface area contributed by atoms with Crippen LogP contribution in [0.5, 0.6) is 0 Å². The zero-order valence-corrected chi connectivity index (χ0v) is 30.9. The van der Waals surface area contributed by atoms with Crippen molar-refractivity contribution in [3.8, 4) is 34.7 Å². The molecule has 6 N–H and O–H groups in total. The lowest BCUT2D eigenvalue weighted by atomic mass is 10.1. The molecule has 16 heteroatoms. The van der Waals surface area contributed by atoms with Crippen LogP contribution < -0.4 is 22.1 Å². The van der Waals surface area contributed by atoms with E-state index in [9.17, 15) is 0 Å². The summed E-state index contributed by atoms with van der Waals surface area (Å²) in [5.41, 5.74) is 19.4. The molecule has 0 amide bonds. The first-order valence-electron chi connectivity index (χ1n) is 17.5. The van der Waals surface area contributed by atoms with Crippen LogP contribution in [-0.2, 0) is 0 Å². The Kier molecular flexibility index (Phi) is 10.1. The Morgan fingerprint density at radius 2 is 1.05 bits per heavy atom. The van der Waals surface area contributed by atoms with Crippen LogP contribution in [0, 0.1) is 36.5 Å². The number of hydrogen-bond acceptors (Lipinski definition) is 14. The maximum absolute atomic E-state index is 9.01. The fourth-order valence-corrected chi connectivity index (χ4v) is 5.87. The number of aryl methyl sites for hydroxylation is 2. The van der Waals surface area contributed by atoms with Crippen LogP contribution >= 0.6 is 0 Å². The van der Waals surface area contributed by atoms with E-state index in [-0.39, 0.29) is 12.1 Å². The summed E-state index contributed by atoms with van der Waals surface area (Å²) in [7, 11) is 0. The van der Waals surface area contributed by atoms with Crippen LogP contribution in [0.15, 0.2) is 98.4 Å². The van der Waals surface area contributed by atoms with Gasteiger partial charge in [0.15, 0.2) is 0 Å². The predicted molar refractivity (Wildman–Crippen MR) is 216 cm³/mol. The number of anilines is 6. The van der Waals surface area contributed by atoms with E-state index < -0.39 is 0 Å². The number of rotatable bonds is 8. The SMILES string of the molecule is Cc1ccncc1-c1cc2cc(Nc3cnn([C@@H](C)C#N)c3)ncc2c(N)n1.Cc1ccncc1-c1cc2cc(Nc3cnn([C@H](C)C#N)c3)ncc2c(N)n1. The molecule has 0 spiro atoms. The van der Waals surface area contributed by atoms with Gasteiger partial charge in [-0.1, -0.05) is 0 Å². The minimum Gasteiger partial charge on any atom is -0.383 e. The number of aromatic nitrogens is 10. The van der Waals surface area contributed by atoms with Crippen molar-refractivity contribution in [3.05, 3.63) is 109 Å². The lowest BCUT2D eigenvalue weighted by Crippen LogP contribution is -2.02. The van der Waals surface area contributed by atoms with Gasteiger partial charge >= 0.3 is 0 Å². The van der Waals surface area contributed by atoms with Gasteiger partial charge in [0, 0.05) is 71.5 Å². The summed E-state index contributed by atoms with van der Waals surface area (Å²) < 4.78 is 3.18. The topological polar surface area (TPSA) is 237 Å². The van der Waals surface area contributed by atoms with Crippen LogP contribution in [0.4, 0.5) is 34.6 Å². The molecule has 8 aromatic rings. The lowest BCUT2D eigenvalue weighted by Gasteiger charge is -2.10. The number of fused-ring (bicyclic) bond motifs is 2. The molecule has 0 saturated carbocycles. The molecular formula is C40H36N16. The van der Waals surface area contributed by atoms with Crippen molar-refractivity contribution in [2.75, 3.05) is 22.1 Å². The van der Waals surface area contributed by atoms with E-state index in [2.05, 4.69) is 62.9 Å². The van der Waals surface area contributed by atoms with Crippen molar-refractivity contribution >= 4 is 56.2 Å². The Morgan fingerprint density at radius 3 is 1.45 bits per heavy atom. The normalized spacial score (nSPS) is 11.9. The molecule has 0 aliphatic carbocycles. The summed E-state index contributed by atoms with van der Waals surface area (Å²) >= 11 is 0. The van der Waals surface area contributed by atoms with Crippen LogP contribution in [0.25, 0.3) is 44.1 Å². The fourth-order valence-electron chi connectivity index (χ4n) is 5.87. The van der Waals surface area contributed by atoms with E-state index in [1.807, 2.05) is 50.2 Å². The maximum Gasteiger partial charge on any atom is 0.135 e. The molecule has 0 radical (unpaired) electrons. The smallest absolute Gasteiger partial charge is 0.135 e. The highest BCUT2D eigenvalue weighted by atomic mass is 15.3. The average molecular weight is 741 g/mol. The van der Waals surface area contributed by atoms with E-state index in [1.165, 1.54) is 0 Å². The molecule has 8 aromatic heterocycles. The van der Waals surface area contributed by atoms with Crippen molar-refractivity contribution in [1.82, 2.24) is 49.5 Å². The molecule has 56 heavy (non-hydrogen) atoms. The molecule has 0 aliphatic rings. The summed E-state index contributed by atoms with van der Waals surface area (Å²) in [6, 6.07) is 15.3. The molecular weight excluding hydrogens is 705 g/mol. The first-order valence-corrected chi connectivity index (χ1v) is 17.5. The van der Waals surface area contributed by atoms with Gasteiger partial charge in [0.1, 0.15) is 35.4 Å². The second-order valence-corrected chi connectivity index (χ2v) is 13.0. The second kappa shape index (κ2) is 15.6. The van der Waals surface area contributed by atoms with Gasteiger partial charge in [-0.3, -0.25) is 19.3 Å². The Bertz CT molecular complexity index is 2600. The van der Waals surface area contributed by atoms with Crippen LogP contribution in [0.3, 0.4) is 0 Å². The number of nitrogen functional groups attached to an aromatic ring is 2. The van der Waals surface area contributed by atoms with E-state index in [0.717, 1.165) is 66.6 Å². The van der Waals surface area contributed by atoms with E-state index >= 15 is 0 Å². The largest absolute Gasteiger partial charge is 0.383 e. The third kappa shape index (κ3) is 7.71. The highest BCUT2D eigenvalue weighted by Gasteiger charge is 2.13. The first kappa shape index (κ1) is 36.4. The van der Waals surface area contributed by atoms with Gasteiger partial charge in [0.25, 0.3) is 0 Å². The minimum absolute atomic E-state index is 0.337. The lowest BCUT2D eigenvalue weighted by molar-refractivity contribution is 0.591. The Morgan fingerprint density at radius 1 is 0.625 bits per heavy atom. The Balaban J connectivity index is 0.000000172. The van der Waals surface area contributed by atoms with Gasteiger partial charge in [0.2, 0.25) is 0 Å². The predicted octanol–water partition coefficient (Wildman–Crippen LogP) is 7.21. The van der Waals surface area contributed by atoms with Crippen LogP contribution in [0.1, 0.15) is 37.1 Å². The van der Waals surface area contributed by atoms with Crippen LogP contribution in [0.2, 0.25) is 0 Å². The average Bonchev–Trinajstić information content (AvgIpc) is 3.88. The minimum atomic E-state index is -0.337. The van der Waals surface area contributed by atoms with Crippen molar-refractivity contribution in [1.29, 1.82) is 10.5 Å². The standard InChI is InChI=1S/2C20H18N8/c2*1-12-3-4-23-9-16(12)18-5-14-6-19(24-10-17(14)20(22)27-18)26-15-8-25-28(11-15)13(2)7-21/h2*3-6,8-11,13H,1-2H3,(H2,22,27)(H,24,26)/t2*13-/m10/s1. The van der Waals surface area contributed by atoms with E-state index in [4.69, 9.17) is 22.0 Å². The van der Waals surface area contributed by atoms with Crippen molar-refractivity contribution < 1.29 is 0 Å². The van der Waals surface area contributed by atoms with Crippen LogP contribution in [-0.4, -0.2) is 49.5 Å². The van der Waals surface area contributed by atoms with Gasteiger partial charge in [-0.05, 0) is 86.0 Å². The Labute approximate surface area is 321 Å². The first-order chi connectivity index (χ1) is 27.1. The zero-order chi connectivity index (χ0) is 39.3. The molecule has 0 bridgehead atoms. The molecule has 0 fully saturated rings. The summed E-state index contributed by atoms with van der Waals surface area (Å²) in [5.74, 6) is 2.14. The third-order valence-corrected chi connectivity index (χ3v) is 9.04. The maximum atomic E-state index is 9.01. The summed E-state index contributed by atoms with van der Waals surface area (Å²) in [5, 5.41) is 36.2. The monoisotopic (exact) mass is 740 g/mol. The van der Waals surface area contributed by atoms with Gasteiger partial charge in [-0.25, -0.2) is 19.9 Å². The molecule has 0 saturated heterocycles. The number of nitrogens with zero attached hydrogens (tertiary/aromatic N) is 12. The molecule has 0 aliphatic heterocycles. The zero-order valence-electron chi connectivity index (χ0n) is 30.9. The van der Waals surface area contributed by atoms with E-state index in [1.54, 1.807) is 85.2 Å². The number of nitrogens with one attached hydrogen (secondary N) is 2. The third-order valence-electron chi connectivity index (χ3n) is 9.04. The summed E-state index contributed by atoms with van der Waals surface area (Å²) in [6.07, 6.45) is 17.3. The number of hydrogen-bond donors (Lipinski definition) is 4. The molecule has 8 heterocycles. The number of pyridine rings is 6. The highest BCUT2D eigenvalue weighted by molar-refractivity contribution is 5.96. The summed E-state index contributed by atoms with van der Waals surface area (Å²) in [4.78, 5) is 26.2. The van der Waals surface area contributed by atoms with Gasteiger partial charge in [0.05, 0.1) is 47.3 Å². The quantitative estimate of drug-likeness (QED) is 0.120. The molecule has 0 aromatic carbocycles. The summed E-state index contributed by atoms with van der Waals surface area (Å²) in [6.45, 7) is 7.59. The molecule has 0 unspecified atom stereocenters. The van der Waals surface area contributed by atoms with Gasteiger partial charge < -0.3 is 22.1 Å². The number of nitrogens with two attached hydrogens (primary N) is 2. The molecule has 8 rings (SSSR count).